The van der Waals surface area contributed by atoms with Gasteiger partial charge in [-0.25, -0.2) is 9.97 Å². The molecule has 2 heterocycles. The zero-order valence-electron chi connectivity index (χ0n) is 12.6. The number of anilines is 2. The van der Waals surface area contributed by atoms with Gasteiger partial charge in [-0.2, -0.15) is 0 Å². The van der Waals surface area contributed by atoms with Crippen molar-refractivity contribution in [3.63, 3.8) is 0 Å². The Morgan fingerprint density at radius 3 is 2.58 bits per heavy atom. The van der Waals surface area contributed by atoms with Crippen LogP contribution in [0.1, 0.15) is 16.1 Å². The molecule has 0 aliphatic rings. The van der Waals surface area contributed by atoms with Gasteiger partial charge in [0.1, 0.15) is 0 Å². The van der Waals surface area contributed by atoms with E-state index in [0.717, 1.165) is 11.4 Å². The number of nitrogens with one attached hydrogen (secondary N) is 2. The van der Waals surface area contributed by atoms with Gasteiger partial charge < -0.3 is 10.6 Å². The molecule has 1 amide bonds. The standard InChI is InChI=1S/C17H14ClN5O/c18-13-4-3-6-14(8-13)23-17-21-9-12(10-22-17)16(24)20-11-15-5-1-2-7-19-15/h1-10H,11H2,(H,20,24)(H,21,22,23). The van der Waals surface area contributed by atoms with Crippen molar-refractivity contribution < 1.29 is 4.79 Å². The molecule has 3 aromatic rings. The molecule has 0 unspecified atom stereocenters. The molecule has 24 heavy (non-hydrogen) atoms. The summed E-state index contributed by atoms with van der Waals surface area (Å²) in [6.07, 6.45) is 4.61. The maximum atomic E-state index is 12.1. The largest absolute Gasteiger partial charge is 0.346 e. The van der Waals surface area contributed by atoms with Crippen LogP contribution in [0.4, 0.5) is 11.6 Å². The van der Waals surface area contributed by atoms with Crippen molar-refractivity contribution in [2.45, 2.75) is 6.54 Å². The van der Waals surface area contributed by atoms with Gasteiger partial charge in [0, 0.05) is 29.3 Å². The molecule has 120 valence electrons. The van der Waals surface area contributed by atoms with Crippen molar-refractivity contribution in [2.75, 3.05) is 5.32 Å². The van der Waals surface area contributed by atoms with Gasteiger partial charge in [-0.15, -0.1) is 0 Å². The summed E-state index contributed by atoms with van der Waals surface area (Å²) in [5.41, 5.74) is 1.93. The first-order valence-corrected chi connectivity index (χ1v) is 7.61. The normalized spacial score (nSPS) is 10.2. The fourth-order valence-corrected chi connectivity index (χ4v) is 2.17. The molecule has 0 radical (unpaired) electrons. The number of amides is 1. The molecule has 3 rings (SSSR count). The predicted octanol–water partition coefficient (Wildman–Crippen LogP) is 3.20. The van der Waals surface area contributed by atoms with Crippen LogP contribution in [0.25, 0.3) is 0 Å². The van der Waals surface area contributed by atoms with E-state index in [2.05, 4.69) is 25.6 Å². The number of halogens is 1. The van der Waals surface area contributed by atoms with Crippen molar-refractivity contribution in [3.05, 3.63) is 77.3 Å². The van der Waals surface area contributed by atoms with E-state index in [9.17, 15) is 4.79 Å². The molecule has 0 atom stereocenters. The topological polar surface area (TPSA) is 79.8 Å². The average molecular weight is 340 g/mol. The number of benzene rings is 1. The summed E-state index contributed by atoms with van der Waals surface area (Å²) in [6.45, 7) is 0.349. The minimum atomic E-state index is -0.255. The lowest BCUT2D eigenvalue weighted by Gasteiger charge is -2.07. The van der Waals surface area contributed by atoms with E-state index in [4.69, 9.17) is 11.6 Å². The number of carbonyl (C=O) groups is 1. The van der Waals surface area contributed by atoms with Crippen LogP contribution in [0.2, 0.25) is 5.02 Å². The third kappa shape index (κ3) is 4.27. The van der Waals surface area contributed by atoms with Gasteiger partial charge in [-0.3, -0.25) is 9.78 Å². The molecule has 0 aliphatic heterocycles. The molecule has 0 fully saturated rings. The number of aromatic nitrogens is 3. The highest BCUT2D eigenvalue weighted by molar-refractivity contribution is 6.30. The molecule has 0 saturated heterocycles. The Morgan fingerprint density at radius 1 is 1.04 bits per heavy atom. The van der Waals surface area contributed by atoms with Gasteiger partial charge in [0.2, 0.25) is 5.95 Å². The summed E-state index contributed by atoms with van der Waals surface area (Å²) in [6, 6.07) is 12.8. The van der Waals surface area contributed by atoms with Gasteiger partial charge >= 0.3 is 0 Å². The third-order valence-electron chi connectivity index (χ3n) is 3.15. The van der Waals surface area contributed by atoms with E-state index in [0.29, 0.717) is 23.1 Å². The number of carbonyl (C=O) groups excluding carboxylic acids is 1. The Kier molecular flexibility index (Phi) is 4.98. The third-order valence-corrected chi connectivity index (χ3v) is 3.39. The molecule has 2 aromatic heterocycles. The monoisotopic (exact) mass is 339 g/mol. The molecule has 0 aliphatic carbocycles. The van der Waals surface area contributed by atoms with Crippen LogP contribution in [0.15, 0.2) is 61.1 Å². The summed E-state index contributed by atoms with van der Waals surface area (Å²) in [7, 11) is 0. The Morgan fingerprint density at radius 2 is 1.88 bits per heavy atom. The highest BCUT2D eigenvalue weighted by Gasteiger charge is 2.07. The number of hydrogen-bond donors (Lipinski definition) is 2. The smallest absolute Gasteiger partial charge is 0.254 e. The van der Waals surface area contributed by atoms with E-state index in [1.165, 1.54) is 12.4 Å². The lowest BCUT2D eigenvalue weighted by Crippen LogP contribution is -2.23. The van der Waals surface area contributed by atoms with Crippen LogP contribution in [0.3, 0.4) is 0 Å². The second-order valence-electron chi connectivity index (χ2n) is 4.93. The van der Waals surface area contributed by atoms with Crippen molar-refractivity contribution in [1.29, 1.82) is 0 Å². The quantitative estimate of drug-likeness (QED) is 0.746. The first-order valence-electron chi connectivity index (χ1n) is 7.23. The summed E-state index contributed by atoms with van der Waals surface area (Å²) in [5.74, 6) is 0.133. The highest BCUT2D eigenvalue weighted by atomic mass is 35.5. The Labute approximate surface area is 143 Å². The highest BCUT2D eigenvalue weighted by Crippen LogP contribution is 2.17. The molecule has 0 bridgehead atoms. The van der Waals surface area contributed by atoms with E-state index in [-0.39, 0.29) is 5.91 Å². The number of pyridine rings is 1. The zero-order valence-corrected chi connectivity index (χ0v) is 13.4. The second kappa shape index (κ2) is 7.52. The molecule has 0 spiro atoms. The maximum absolute atomic E-state index is 12.1. The first-order chi connectivity index (χ1) is 11.7. The minimum Gasteiger partial charge on any atom is -0.346 e. The van der Waals surface area contributed by atoms with Crippen molar-refractivity contribution in [1.82, 2.24) is 20.3 Å². The molecule has 2 N–H and O–H groups in total. The van der Waals surface area contributed by atoms with Crippen LogP contribution in [0.5, 0.6) is 0 Å². The minimum absolute atomic E-state index is 0.255. The van der Waals surface area contributed by atoms with E-state index in [1.54, 1.807) is 18.3 Å². The van der Waals surface area contributed by atoms with Gasteiger partial charge in [0.15, 0.2) is 0 Å². The molecule has 7 heteroatoms. The second-order valence-corrected chi connectivity index (χ2v) is 5.37. The van der Waals surface area contributed by atoms with Gasteiger partial charge in [-0.1, -0.05) is 23.7 Å². The predicted molar refractivity (Wildman–Crippen MR) is 92.2 cm³/mol. The summed E-state index contributed by atoms with van der Waals surface area (Å²) >= 11 is 5.92. The van der Waals surface area contributed by atoms with Crippen molar-refractivity contribution in [2.24, 2.45) is 0 Å². The van der Waals surface area contributed by atoms with Crippen LogP contribution < -0.4 is 10.6 Å². The van der Waals surface area contributed by atoms with Gasteiger partial charge in [0.25, 0.3) is 5.91 Å². The van der Waals surface area contributed by atoms with E-state index < -0.39 is 0 Å². The Bertz CT molecular complexity index is 824. The van der Waals surface area contributed by atoms with Crippen LogP contribution in [0, 0.1) is 0 Å². The van der Waals surface area contributed by atoms with Crippen molar-refractivity contribution >= 4 is 29.1 Å². The molecular formula is C17H14ClN5O. The Hall–Kier alpha value is -2.99. The van der Waals surface area contributed by atoms with E-state index in [1.807, 2.05) is 30.3 Å². The molecule has 6 nitrogen and oxygen atoms in total. The van der Waals surface area contributed by atoms with Crippen molar-refractivity contribution in [3.8, 4) is 0 Å². The van der Waals surface area contributed by atoms with Gasteiger partial charge in [-0.05, 0) is 30.3 Å². The lowest BCUT2D eigenvalue weighted by molar-refractivity contribution is 0.0949. The Balaban J connectivity index is 1.60. The number of rotatable bonds is 5. The van der Waals surface area contributed by atoms with Crippen LogP contribution in [-0.4, -0.2) is 20.9 Å². The molecule has 0 saturated carbocycles. The number of hydrogen-bond acceptors (Lipinski definition) is 5. The van der Waals surface area contributed by atoms with Crippen LogP contribution in [-0.2, 0) is 6.54 Å². The average Bonchev–Trinajstić information content (AvgIpc) is 2.61. The summed E-state index contributed by atoms with van der Waals surface area (Å²) in [4.78, 5) is 24.5. The maximum Gasteiger partial charge on any atom is 0.254 e. The van der Waals surface area contributed by atoms with Crippen LogP contribution >= 0.6 is 11.6 Å². The first kappa shape index (κ1) is 15.9. The fraction of sp³-hybridized carbons (Fsp3) is 0.0588. The van der Waals surface area contributed by atoms with E-state index >= 15 is 0 Å². The molecular weight excluding hydrogens is 326 g/mol. The zero-order chi connectivity index (χ0) is 16.8. The SMILES string of the molecule is O=C(NCc1ccccn1)c1cnc(Nc2cccc(Cl)c2)nc1. The fourth-order valence-electron chi connectivity index (χ4n) is 1.98. The van der Waals surface area contributed by atoms with Gasteiger partial charge in [0.05, 0.1) is 17.8 Å². The number of nitrogens with zero attached hydrogens (tertiary/aromatic N) is 3. The molecule has 1 aromatic carbocycles. The lowest BCUT2D eigenvalue weighted by atomic mass is 10.3. The summed E-state index contributed by atoms with van der Waals surface area (Å²) < 4.78 is 0. The summed E-state index contributed by atoms with van der Waals surface area (Å²) in [5, 5.41) is 6.41.